The van der Waals surface area contributed by atoms with Crippen LogP contribution in [0.1, 0.15) is 5.56 Å². The highest BCUT2D eigenvalue weighted by Gasteiger charge is 2.47. The summed E-state index contributed by atoms with van der Waals surface area (Å²) in [6.07, 6.45) is -0.202. The van der Waals surface area contributed by atoms with E-state index in [1.165, 1.54) is 0 Å². The maximum atomic E-state index is 12.2. The lowest BCUT2D eigenvalue weighted by Crippen LogP contribution is -2.76. The lowest BCUT2D eigenvalue weighted by atomic mass is 9.88. The van der Waals surface area contributed by atoms with Crippen molar-refractivity contribution in [2.45, 2.75) is 12.1 Å². The molecule has 1 aromatic rings. The summed E-state index contributed by atoms with van der Waals surface area (Å²) in [6, 6.07) is 9.78. The van der Waals surface area contributed by atoms with Gasteiger partial charge in [0.2, 0.25) is 0 Å². The highest BCUT2D eigenvalue weighted by atomic mass is 16.6. The van der Waals surface area contributed by atoms with E-state index < -0.39 is 0 Å². The van der Waals surface area contributed by atoms with Crippen molar-refractivity contribution < 1.29 is 9.53 Å². The Balaban J connectivity index is 1.60. The molecular formula is C14H19N3O2. The zero-order valence-corrected chi connectivity index (χ0v) is 10.9. The van der Waals surface area contributed by atoms with Crippen LogP contribution in [0.4, 0.5) is 4.79 Å². The largest absolute Gasteiger partial charge is 0.445 e. The molecule has 102 valence electrons. The van der Waals surface area contributed by atoms with Gasteiger partial charge < -0.3 is 15.4 Å². The lowest BCUT2D eigenvalue weighted by molar-refractivity contribution is 0.00498. The number of carbonyl (C=O) groups is 1. The molecule has 0 bridgehead atoms. The molecule has 0 saturated carbocycles. The van der Waals surface area contributed by atoms with Gasteiger partial charge in [0.25, 0.3) is 0 Å². The molecule has 2 aliphatic rings. The molecule has 2 fully saturated rings. The summed E-state index contributed by atoms with van der Waals surface area (Å²) in [5, 5.41) is 6.59. The molecule has 2 N–H and O–H groups in total. The van der Waals surface area contributed by atoms with E-state index in [9.17, 15) is 4.79 Å². The Labute approximate surface area is 112 Å². The molecule has 2 aliphatic heterocycles. The molecule has 0 aromatic heterocycles. The third kappa shape index (κ3) is 2.43. The molecule has 5 heteroatoms. The normalized spacial score (nSPS) is 20.9. The van der Waals surface area contributed by atoms with Crippen LogP contribution in [-0.2, 0) is 11.3 Å². The van der Waals surface area contributed by atoms with E-state index in [2.05, 4.69) is 10.6 Å². The molecular weight excluding hydrogens is 242 g/mol. The molecule has 0 unspecified atom stereocenters. The number of ether oxygens (including phenoxy) is 1. The van der Waals surface area contributed by atoms with E-state index in [1.807, 2.05) is 35.2 Å². The molecule has 5 nitrogen and oxygen atoms in total. The number of nitrogens with one attached hydrogen (secondary N) is 2. The summed E-state index contributed by atoms with van der Waals surface area (Å²) in [7, 11) is 0. The fourth-order valence-electron chi connectivity index (χ4n) is 2.66. The molecule has 1 amide bonds. The number of hydrogen-bond acceptors (Lipinski definition) is 4. The van der Waals surface area contributed by atoms with Gasteiger partial charge in [-0.1, -0.05) is 30.3 Å². The minimum atomic E-state index is -0.202. The number of piperazine rings is 1. The highest BCUT2D eigenvalue weighted by Crippen LogP contribution is 2.23. The van der Waals surface area contributed by atoms with Crippen LogP contribution in [0.5, 0.6) is 0 Å². The molecule has 0 aliphatic carbocycles. The predicted molar refractivity (Wildman–Crippen MR) is 71.8 cm³/mol. The van der Waals surface area contributed by atoms with Crippen molar-refractivity contribution in [2.75, 3.05) is 32.7 Å². The quantitative estimate of drug-likeness (QED) is 0.817. The smallest absolute Gasteiger partial charge is 0.410 e. The Morgan fingerprint density at radius 1 is 1.21 bits per heavy atom. The number of nitrogens with zero attached hydrogens (tertiary/aromatic N) is 1. The van der Waals surface area contributed by atoms with Crippen LogP contribution in [0.2, 0.25) is 0 Å². The van der Waals surface area contributed by atoms with E-state index in [0.29, 0.717) is 6.61 Å². The van der Waals surface area contributed by atoms with Gasteiger partial charge >= 0.3 is 6.09 Å². The van der Waals surface area contributed by atoms with Crippen LogP contribution >= 0.6 is 0 Å². The van der Waals surface area contributed by atoms with Gasteiger partial charge in [0, 0.05) is 32.7 Å². The summed E-state index contributed by atoms with van der Waals surface area (Å²) >= 11 is 0. The maximum Gasteiger partial charge on any atom is 0.410 e. The third-order valence-corrected chi connectivity index (χ3v) is 3.87. The van der Waals surface area contributed by atoms with Gasteiger partial charge in [-0.2, -0.15) is 0 Å². The van der Waals surface area contributed by atoms with Crippen LogP contribution < -0.4 is 10.6 Å². The second-order valence-electron chi connectivity index (χ2n) is 5.20. The molecule has 3 rings (SSSR count). The van der Waals surface area contributed by atoms with E-state index in [1.54, 1.807) is 0 Å². The number of benzene rings is 1. The minimum Gasteiger partial charge on any atom is -0.445 e. The van der Waals surface area contributed by atoms with Gasteiger partial charge in [0.15, 0.2) is 0 Å². The van der Waals surface area contributed by atoms with E-state index in [4.69, 9.17) is 4.74 Å². The second kappa shape index (κ2) is 5.19. The van der Waals surface area contributed by atoms with Gasteiger partial charge in [-0.05, 0) is 5.56 Å². The fourth-order valence-corrected chi connectivity index (χ4v) is 2.66. The van der Waals surface area contributed by atoms with Gasteiger partial charge in [-0.3, -0.25) is 4.90 Å². The van der Waals surface area contributed by atoms with Gasteiger partial charge in [0.1, 0.15) is 6.61 Å². The molecule has 1 aromatic carbocycles. The molecule has 2 saturated heterocycles. The van der Waals surface area contributed by atoms with Crippen molar-refractivity contribution in [1.29, 1.82) is 0 Å². The number of rotatable bonds is 2. The monoisotopic (exact) mass is 261 g/mol. The summed E-state index contributed by atoms with van der Waals surface area (Å²) in [5.41, 5.74) is 0.943. The van der Waals surface area contributed by atoms with Gasteiger partial charge in [-0.15, -0.1) is 0 Å². The van der Waals surface area contributed by atoms with Crippen molar-refractivity contribution in [2.24, 2.45) is 0 Å². The first-order valence-electron chi connectivity index (χ1n) is 6.70. The van der Waals surface area contributed by atoms with Gasteiger partial charge in [0.05, 0.1) is 5.54 Å². The Morgan fingerprint density at radius 2 is 1.95 bits per heavy atom. The average Bonchev–Trinajstić information content (AvgIpc) is 2.44. The summed E-state index contributed by atoms with van der Waals surface area (Å²) < 4.78 is 5.43. The Hall–Kier alpha value is -1.59. The fraction of sp³-hybridized carbons (Fsp3) is 0.500. The van der Waals surface area contributed by atoms with Crippen molar-refractivity contribution in [3.05, 3.63) is 35.9 Å². The number of carbonyl (C=O) groups excluding carboxylic acids is 1. The second-order valence-corrected chi connectivity index (χ2v) is 5.20. The van der Waals surface area contributed by atoms with E-state index in [0.717, 1.165) is 38.3 Å². The number of amides is 1. The standard InChI is InChI=1S/C14H19N3O2/c18-13(19-8-12-4-2-1-3-5-12)17-7-6-15-9-14(17)10-16-11-14/h1-5,15-16H,6-11H2. The van der Waals surface area contributed by atoms with Crippen molar-refractivity contribution >= 4 is 6.09 Å². The summed E-state index contributed by atoms with van der Waals surface area (Å²) in [6.45, 7) is 4.44. The lowest BCUT2D eigenvalue weighted by Gasteiger charge is -2.52. The first-order chi connectivity index (χ1) is 9.30. The summed E-state index contributed by atoms with van der Waals surface area (Å²) in [5.74, 6) is 0. The van der Waals surface area contributed by atoms with Crippen molar-refractivity contribution in [3.63, 3.8) is 0 Å². The molecule has 1 spiro atoms. The van der Waals surface area contributed by atoms with Gasteiger partial charge in [-0.25, -0.2) is 4.79 Å². The van der Waals surface area contributed by atoms with E-state index >= 15 is 0 Å². The molecule has 0 atom stereocenters. The van der Waals surface area contributed by atoms with Crippen LogP contribution in [0.25, 0.3) is 0 Å². The first-order valence-corrected chi connectivity index (χ1v) is 6.70. The first kappa shape index (κ1) is 12.4. The maximum absolute atomic E-state index is 12.2. The zero-order valence-electron chi connectivity index (χ0n) is 10.9. The Kier molecular flexibility index (Phi) is 3.40. The highest BCUT2D eigenvalue weighted by molar-refractivity contribution is 5.69. The SMILES string of the molecule is O=C(OCc1ccccc1)N1CCNCC12CNC2. The molecule has 0 radical (unpaired) electrons. The topological polar surface area (TPSA) is 53.6 Å². The average molecular weight is 261 g/mol. The van der Waals surface area contributed by atoms with Crippen LogP contribution in [0, 0.1) is 0 Å². The zero-order chi connectivity index (χ0) is 13.1. The molecule has 2 heterocycles. The molecule has 19 heavy (non-hydrogen) atoms. The van der Waals surface area contributed by atoms with E-state index in [-0.39, 0.29) is 11.6 Å². The van der Waals surface area contributed by atoms with Crippen LogP contribution in [0.15, 0.2) is 30.3 Å². The minimum absolute atomic E-state index is 0.0774. The third-order valence-electron chi connectivity index (χ3n) is 3.87. The van der Waals surface area contributed by atoms with Crippen molar-refractivity contribution in [3.8, 4) is 0 Å². The van der Waals surface area contributed by atoms with Crippen LogP contribution in [-0.4, -0.2) is 49.3 Å². The van der Waals surface area contributed by atoms with Crippen LogP contribution in [0.3, 0.4) is 0 Å². The summed E-state index contributed by atoms with van der Waals surface area (Å²) in [4.78, 5) is 14.1. The Bertz CT molecular complexity index is 445. The number of hydrogen-bond donors (Lipinski definition) is 2. The Morgan fingerprint density at radius 3 is 2.63 bits per heavy atom. The van der Waals surface area contributed by atoms with Crippen molar-refractivity contribution in [1.82, 2.24) is 15.5 Å². The predicted octanol–water partition coefficient (Wildman–Crippen LogP) is 0.570.